The number of nitrogens with zero attached hydrogens (tertiary/aromatic N) is 2. The number of aromatic nitrogens is 1. The molecule has 9 heteroatoms. The summed E-state index contributed by atoms with van der Waals surface area (Å²) in [6.45, 7) is 0. The largest absolute Gasteiger partial charge is 0.378 e. The van der Waals surface area contributed by atoms with Gasteiger partial charge in [-0.25, -0.2) is 13.1 Å². The number of amidine groups is 1. The van der Waals surface area contributed by atoms with Crippen molar-refractivity contribution in [3.05, 3.63) is 53.2 Å². The van der Waals surface area contributed by atoms with Crippen LogP contribution in [0.2, 0.25) is 0 Å². The molecule has 7 nitrogen and oxygen atoms in total. The lowest BCUT2D eigenvalue weighted by Crippen LogP contribution is -2.18. The van der Waals surface area contributed by atoms with Crippen molar-refractivity contribution in [1.82, 2.24) is 9.71 Å². The van der Waals surface area contributed by atoms with E-state index in [0.717, 1.165) is 28.5 Å². The first kappa shape index (κ1) is 17.3. The van der Waals surface area contributed by atoms with Crippen molar-refractivity contribution in [3.8, 4) is 11.1 Å². The van der Waals surface area contributed by atoms with Crippen LogP contribution < -0.4 is 10.5 Å². The molecular weight excluding hydrogens is 360 g/mol. The van der Waals surface area contributed by atoms with Crippen molar-refractivity contribution < 1.29 is 13.2 Å². The molecule has 25 heavy (non-hydrogen) atoms. The molecule has 3 N–H and O–H groups in total. The molecule has 2 heterocycles. The maximum atomic E-state index is 11.8. The molecule has 128 valence electrons. The number of aliphatic imine (C=N–C) groups is 1. The van der Waals surface area contributed by atoms with Crippen molar-refractivity contribution in [2.24, 2.45) is 10.7 Å². The third kappa shape index (κ3) is 3.78. The number of nitrogens with two attached hydrogens (primary N) is 1. The summed E-state index contributed by atoms with van der Waals surface area (Å²) in [5.41, 5.74) is 7.87. The Balaban J connectivity index is 1.90. The molecule has 0 fully saturated rings. The van der Waals surface area contributed by atoms with Gasteiger partial charge in [0.15, 0.2) is 5.17 Å². The number of hydrogen-bond acceptors (Lipinski definition) is 6. The minimum Gasteiger partial charge on any atom is -0.378 e. The zero-order chi connectivity index (χ0) is 18.0. The quantitative estimate of drug-likeness (QED) is 0.786. The zero-order valence-corrected chi connectivity index (χ0v) is 14.8. The van der Waals surface area contributed by atoms with Crippen molar-refractivity contribution in [2.75, 3.05) is 7.05 Å². The number of benzene rings is 1. The maximum Gasteiger partial charge on any atom is 0.286 e. The van der Waals surface area contributed by atoms with Crippen LogP contribution in [0.5, 0.6) is 0 Å². The molecular formula is C16H14N4O3S2. The molecule has 0 radical (unpaired) electrons. The number of sulfonamides is 1. The molecule has 1 aliphatic rings. The van der Waals surface area contributed by atoms with E-state index >= 15 is 0 Å². The van der Waals surface area contributed by atoms with Crippen molar-refractivity contribution in [3.63, 3.8) is 0 Å². The summed E-state index contributed by atoms with van der Waals surface area (Å²) in [7, 11) is -2.11. The van der Waals surface area contributed by atoms with Gasteiger partial charge in [0.05, 0.1) is 9.80 Å². The van der Waals surface area contributed by atoms with Gasteiger partial charge in [-0.1, -0.05) is 12.1 Å². The van der Waals surface area contributed by atoms with Gasteiger partial charge in [-0.2, -0.15) is 4.99 Å². The molecule has 0 saturated heterocycles. The minimum atomic E-state index is -3.47. The Bertz CT molecular complexity index is 996. The number of amides is 1. The number of hydrogen-bond donors (Lipinski definition) is 2. The highest BCUT2D eigenvalue weighted by Crippen LogP contribution is 2.28. The third-order valence-electron chi connectivity index (χ3n) is 3.46. The molecule has 0 unspecified atom stereocenters. The molecule has 1 amide bonds. The number of pyridine rings is 1. The predicted octanol–water partition coefficient (Wildman–Crippen LogP) is 1.59. The second-order valence-corrected chi connectivity index (χ2v) is 8.05. The molecule has 1 aliphatic heterocycles. The fraction of sp³-hybridized carbons (Fsp3) is 0.0625. The van der Waals surface area contributed by atoms with Crippen molar-refractivity contribution >= 4 is 38.9 Å². The van der Waals surface area contributed by atoms with Crippen molar-refractivity contribution in [1.29, 1.82) is 0 Å². The lowest BCUT2D eigenvalue weighted by atomic mass is 10.1. The second kappa shape index (κ2) is 6.79. The predicted molar refractivity (Wildman–Crippen MR) is 98.1 cm³/mol. The molecule has 2 aromatic rings. The van der Waals surface area contributed by atoms with E-state index in [0.29, 0.717) is 4.91 Å². The smallest absolute Gasteiger partial charge is 0.286 e. The van der Waals surface area contributed by atoms with Gasteiger partial charge in [0.2, 0.25) is 10.0 Å². The first-order chi connectivity index (χ1) is 11.9. The normalized spacial score (nSPS) is 16.3. The van der Waals surface area contributed by atoms with Crippen LogP contribution in [0.15, 0.2) is 57.5 Å². The highest BCUT2D eigenvalue weighted by molar-refractivity contribution is 8.18. The molecule has 0 bridgehead atoms. The van der Waals surface area contributed by atoms with E-state index in [2.05, 4.69) is 14.7 Å². The Morgan fingerprint density at radius 3 is 2.48 bits per heavy atom. The summed E-state index contributed by atoms with van der Waals surface area (Å²) < 4.78 is 25.8. The summed E-state index contributed by atoms with van der Waals surface area (Å²) in [6, 6.07) is 8.31. The monoisotopic (exact) mass is 374 g/mol. The van der Waals surface area contributed by atoms with Crippen molar-refractivity contribution in [2.45, 2.75) is 4.90 Å². The summed E-state index contributed by atoms with van der Waals surface area (Å²) in [4.78, 5) is 20.1. The number of thioether (sulfide) groups is 1. The lowest BCUT2D eigenvalue weighted by molar-refractivity contribution is -0.113. The van der Waals surface area contributed by atoms with Crippen LogP contribution in [-0.4, -0.2) is 31.5 Å². The molecule has 0 saturated carbocycles. The summed E-state index contributed by atoms with van der Waals surface area (Å²) in [5, 5.41) is 0.224. The fourth-order valence-electron chi connectivity index (χ4n) is 2.22. The van der Waals surface area contributed by atoms with Crippen LogP contribution in [0.4, 0.5) is 0 Å². The standard InChI is InChI=1S/C16H14N4O3S2/c1-18-25(22,23)13-4-2-11(3-5-13)12-6-10(8-19-9-12)7-14-15(21)20-16(17)24-14/h2-9,18H,1H3,(H2,17,20,21)/b14-7-. The lowest BCUT2D eigenvalue weighted by Gasteiger charge is -2.06. The third-order valence-corrected chi connectivity index (χ3v) is 5.70. The van der Waals surface area contributed by atoms with Gasteiger partial charge < -0.3 is 5.73 Å². The van der Waals surface area contributed by atoms with Gasteiger partial charge >= 0.3 is 0 Å². The SMILES string of the molecule is CNS(=O)(=O)c1ccc(-c2cncc(/C=C3\SC(N)=NC3=O)c2)cc1. The average Bonchev–Trinajstić information content (AvgIpc) is 2.92. The number of rotatable bonds is 4. The topological polar surface area (TPSA) is 115 Å². The molecule has 1 aromatic heterocycles. The molecule has 0 aliphatic carbocycles. The molecule has 1 aromatic carbocycles. The Labute approximate surface area is 149 Å². The summed E-state index contributed by atoms with van der Waals surface area (Å²) in [6.07, 6.45) is 4.96. The Morgan fingerprint density at radius 1 is 1.16 bits per heavy atom. The van der Waals surface area contributed by atoms with E-state index in [-0.39, 0.29) is 16.0 Å². The molecule has 0 spiro atoms. The van der Waals surface area contributed by atoms with Gasteiger partial charge in [0, 0.05) is 18.0 Å². The zero-order valence-electron chi connectivity index (χ0n) is 13.1. The highest BCUT2D eigenvalue weighted by Gasteiger charge is 2.19. The first-order valence-electron chi connectivity index (χ1n) is 7.16. The van der Waals surface area contributed by atoms with Crippen LogP contribution in [0.25, 0.3) is 17.2 Å². The van der Waals surface area contributed by atoms with Gasteiger partial charge in [-0.15, -0.1) is 0 Å². The van der Waals surface area contributed by atoms with Crippen LogP contribution in [-0.2, 0) is 14.8 Å². The summed E-state index contributed by atoms with van der Waals surface area (Å²) in [5.74, 6) is -0.366. The van der Waals surface area contributed by atoms with Crippen LogP contribution >= 0.6 is 11.8 Å². The fourth-order valence-corrected chi connectivity index (χ4v) is 3.63. The maximum absolute atomic E-state index is 11.8. The number of carbonyl (C=O) groups excluding carboxylic acids is 1. The molecule has 3 rings (SSSR count). The van der Waals surface area contributed by atoms with E-state index in [1.54, 1.807) is 30.6 Å². The van der Waals surface area contributed by atoms with E-state index in [4.69, 9.17) is 5.73 Å². The average molecular weight is 374 g/mol. The van der Waals surface area contributed by atoms with Crippen LogP contribution in [0.1, 0.15) is 5.56 Å². The summed E-state index contributed by atoms with van der Waals surface area (Å²) >= 11 is 1.12. The molecule has 0 atom stereocenters. The van der Waals surface area contributed by atoms with Crippen LogP contribution in [0, 0.1) is 0 Å². The van der Waals surface area contributed by atoms with E-state index in [1.807, 2.05) is 6.07 Å². The minimum absolute atomic E-state index is 0.186. The first-order valence-corrected chi connectivity index (χ1v) is 9.46. The van der Waals surface area contributed by atoms with E-state index < -0.39 is 10.0 Å². The van der Waals surface area contributed by atoms with Crippen LogP contribution in [0.3, 0.4) is 0 Å². The van der Waals surface area contributed by atoms with Gasteiger partial charge in [-0.05, 0) is 54.2 Å². The van der Waals surface area contributed by atoms with Gasteiger partial charge in [0.1, 0.15) is 0 Å². The number of nitrogens with one attached hydrogen (secondary N) is 1. The Kier molecular flexibility index (Phi) is 4.71. The van der Waals surface area contributed by atoms with E-state index in [1.165, 1.54) is 19.2 Å². The van der Waals surface area contributed by atoms with Gasteiger partial charge in [0.25, 0.3) is 5.91 Å². The number of carbonyl (C=O) groups is 1. The van der Waals surface area contributed by atoms with E-state index in [9.17, 15) is 13.2 Å². The Morgan fingerprint density at radius 2 is 1.88 bits per heavy atom. The Hall–Kier alpha value is -2.49. The highest BCUT2D eigenvalue weighted by atomic mass is 32.2. The van der Waals surface area contributed by atoms with Gasteiger partial charge in [-0.3, -0.25) is 9.78 Å². The second-order valence-electron chi connectivity index (χ2n) is 5.10.